The summed E-state index contributed by atoms with van der Waals surface area (Å²) >= 11 is 0. The van der Waals surface area contributed by atoms with Gasteiger partial charge in [-0.1, -0.05) is 13.8 Å². The Morgan fingerprint density at radius 1 is 1.07 bits per heavy atom. The smallest absolute Gasteiger partial charge is 0.338 e. The Kier molecular flexibility index (Phi) is 7.62. The molecule has 2 N–H and O–H groups in total. The molecule has 9 heteroatoms. The van der Waals surface area contributed by atoms with E-state index in [4.69, 9.17) is 4.74 Å². The Morgan fingerprint density at radius 2 is 1.70 bits per heavy atom. The van der Waals surface area contributed by atoms with E-state index in [2.05, 4.69) is 10.6 Å². The highest BCUT2D eigenvalue weighted by molar-refractivity contribution is 6.00. The summed E-state index contributed by atoms with van der Waals surface area (Å²) in [5.41, 5.74) is 0.825. The van der Waals surface area contributed by atoms with E-state index in [0.29, 0.717) is 17.7 Å². The van der Waals surface area contributed by atoms with E-state index in [1.807, 2.05) is 13.8 Å². The predicted molar refractivity (Wildman–Crippen MR) is 112 cm³/mol. The number of ether oxygens (including phenoxy) is 1. The summed E-state index contributed by atoms with van der Waals surface area (Å²) < 4.78 is 4.99. The number of nitro benzene ring substituents is 1. The molecule has 1 amide bonds. The second kappa shape index (κ2) is 10.1. The van der Waals surface area contributed by atoms with Crippen LogP contribution in [0.25, 0.3) is 0 Å². The van der Waals surface area contributed by atoms with Gasteiger partial charge in [-0.3, -0.25) is 19.7 Å². The second-order valence-corrected chi connectivity index (χ2v) is 6.96. The minimum Gasteiger partial charge on any atom is -0.454 e. The normalized spacial score (nSPS) is 10.4. The number of carbonyl (C=O) groups is 3. The maximum Gasteiger partial charge on any atom is 0.338 e. The molecule has 2 aromatic rings. The van der Waals surface area contributed by atoms with Gasteiger partial charge < -0.3 is 15.4 Å². The first-order valence-electron chi connectivity index (χ1n) is 9.27. The molecule has 0 saturated heterocycles. The van der Waals surface area contributed by atoms with Crippen molar-refractivity contribution in [1.29, 1.82) is 0 Å². The van der Waals surface area contributed by atoms with Gasteiger partial charge in [0.1, 0.15) is 5.69 Å². The van der Waals surface area contributed by atoms with E-state index >= 15 is 0 Å². The molecular formula is C21H23N3O6. The average molecular weight is 413 g/mol. The summed E-state index contributed by atoms with van der Waals surface area (Å²) in [6, 6.07) is 10.1. The number of nitro groups is 1. The molecule has 0 bridgehead atoms. The highest BCUT2D eigenvalue weighted by Gasteiger charge is 2.18. The van der Waals surface area contributed by atoms with Gasteiger partial charge in [-0.25, -0.2) is 4.79 Å². The molecular weight excluding hydrogens is 390 g/mol. The number of nitrogens with one attached hydrogen (secondary N) is 2. The van der Waals surface area contributed by atoms with Crippen LogP contribution in [-0.4, -0.2) is 36.2 Å². The van der Waals surface area contributed by atoms with Gasteiger partial charge in [-0.15, -0.1) is 0 Å². The molecule has 0 unspecified atom stereocenters. The summed E-state index contributed by atoms with van der Waals surface area (Å²) in [4.78, 5) is 46.7. The molecule has 0 spiro atoms. The molecule has 2 rings (SSSR count). The van der Waals surface area contributed by atoms with Crippen molar-refractivity contribution in [2.24, 2.45) is 5.92 Å². The van der Waals surface area contributed by atoms with Crippen LogP contribution in [0.5, 0.6) is 0 Å². The fourth-order valence-electron chi connectivity index (χ4n) is 2.64. The summed E-state index contributed by atoms with van der Waals surface area (Å²) in [6.45, 7) is 3.37. The lowest BCUT2D eigenvalue weighted by atomic mass is 10.1. The highest BCUT2D eigenvalue weighted by Crippen LogP contribution is 2.25. The number of Topliss-reactive ketones (excluding diaryl/α,β-unsaturated/α-hetero) is 1. The SMILES string of the molecule is CNc1ccc(C(=O)OCC(=O)c2ccc(NC(=O)CC(C)C)cc2)cc1[N+](=O)[O-]. The number of rotatable bonds is 9. The van der Waals surface area contributed by atoms with Crippen molar-refractivity contribution in [3.8, 4) is 0 Å². The number of anilines is 2. The molecule has 0 aliphatic heterocycles. The van der Waals surface area contributed by atoms with Crippen LogP contribution >= 0.6 is 0 Å². The topological polar surface area (TPSA) is 128 Å². The monoisotopic (exact) mass is 413 g/mol. The lowest BCUT2D eigenvalue weighted by Crippen LogP contribution is -2.15. The van der Waals surface area contributed by atoms with Crippen molar-refractivity contribution in [2.45, 2.75) is 20.3 Å². The minimum absolute atomic E-state index is 0.0308. The van der Waals surface area contributed by atoms with Crippen LogP contribution in [-0.2, 0) is 9.53 Å². The first-order chi connectivity index (χ1) is 14.2. The van der Waals surface area contributed by atoms with Gasteiger partial charge in [0.2, 0.25) is 5.91 Å². The Bertz CT molecular complexity index is 954. The number of esters is 1. The van der Waals surface area contributed by atoms with Crippen molar-refractivity contribution in [1.82, 2.24) is 0 Å². The van der Waals surface area contributed by atoms with Crippen LogP contribution in [0.4, 0.5) is 17.1 Å². The van der Waals surface area contributed by atoms with Gasteiger partial charge in [0.25, 0.3) is 5.69 Å². The van der Waals surface area contributed by atoms with Crippen molar-refractivity contribution in [3.05, 3.63) is 63.7 Å². The summed E-state index contributed by atoms with van der Waals surface area (Å²) in [5.74, 6) is -1.16. The Labute approximate surface area is 173 Å². The van der Waals surface area contributed by atoms with Gasteiger partial charge in [0.15, 0.2) is 12.4 Å². The quantitative estimate of drug-likeness (QED) is 0.278. The molecule has 30 heavy (non-hydrogen) atoms. The van der Waals surface area contributed by atoms with Crippen LogP contribution in [0.1, 0.15) is 41.0 Å². The molecule has 0 heterocycles. The number of benzene rings is 2. The Hall–Kier alpha value is -3.75. The first-order valence-corrected chi connectivity index (χ1v) is 9.27. The van der Waals surface area contributed by atoms with Gasteiger partial charge in [-0.2, -0.15) is 0 Å². The van der Waals surface area contributed by atoms with Crippen molar-refractivity contribution < 1.29 is 24.0 Å². The molecule has 0 fully saturated rings. The average Bonchev–Trinajstić information content (AvgIpc) is 2.71. The second-order valence-electron chi connectivity index (χ2n) is 6.96. The van der Waals surface area contributed by atoms with E-state index in [0.717, 1.165) is 6.07 Å². The fraction of sp³-hybridized carbons (Fsp3) is 0.286. The maximum atomic E-state index is 12.3. The maximum absolute atomic E-state index is 12.3. The van der Waals surface area contributed by atoms with Gasteiger partial charge >= 0.3 is 5.97 Å². The number of hydrogen-bond acceptors (Lipinski definition) is 7. The molecule has 0 aliphatic carbocycles. The summed E-state index contributed by atoms with van der Waals surface area (Å²) in [6.07, 6.45) is 0.393. The number of carbonyl (C=O) groups excluding carboxylic acids is 3. The van der Waals surface area contributed by atoms with Crippen LogP contribution in [0.15, 0.2) is 42.5 Å². The van der Waals surface area contributed by atoms with Crippen LogP contribution < -0.4 is 10.6 Å². The fourth-order valence-corrected chi connectivity index (χ4v) is 2.64. The van der Waals surface area contributed by atoms with Gasteiger partial charge in [0, 0.05) is 30.8 Å². The minimum atomic E-state index is -0.841. The van der Waals surface area contributed by atoms with Crippen molar-refractivity contribution in [3.63, 3.8) is 0 Å². The third kappa shape index (κ3) is 6.13. The van der Waals surface area contributed by atoms with Gasteiger partial charge in [-0.05, 0) is 42.3 Å². The molecule has 2 aromatic carbocycles. The number of nitrogens with zero attached hydrogens (tertiary/aromatic N) is 1. The third-order valence-corrected chi connectivity index (χ3v) is 4.12. The summed E-state index contributed by atoms with van der Waals surface area (Å²) in [7, 11) is 1.53. The molecule has 158 valence electrons. The highest BCUT2D eigenvalue weighted by atomic mass is 16.6. The predicted octanol–water partition coefficient (Wildman–Crippen LogP) is 3.66. The Morgan fingerprint density at radius 3 is 2.27 bits per heavy atom. The van der Waals surface area contributed by atoms with E-state index in [9.17, 15) is 24.5 Å². The van der Waals surface area contributed by atoms with E-state index in [1.165, 1.54) is 31.3 Å². The molecule has 9 nitrogen and oxygen atoms in total. The molecule has 0 aromatic heterocycles. The standard InChI is InChI=1S/C21H23N3O6/c1-13(2)10-20(26)23-16-7-4-14(5-8-16)19(25)12-30-21(27)15-6-9-17(22-3)18(11-15)24(28)29/h4-9,11,13,22H,10,12H2,1-3H3,(H,23,26). The largest absolute Gasteiger partial charge is 0.454 e. The van der Waals surface area contributed by atoms with Gasteiger partial charge in [0.05, 0.1) is 10.5 Å². The lowest BCUT2D eigenvalue weighted by Gasteiger charge is -2.08. The molecule has 0 radical (unpaired) electrons. The summed E-state index contributed by atoms with van der Waals surface area (Å²) in [5, 5.41) is 16.5. The zero-order chi connectivity index (χ0) is 22.3. The lowest BCUT2D eigenvalue weighted by molar-refractivity contribution is -0.384. The third-order valence-electron chi connectivity index (χ3n) is 4.12. The Balaban J connectivity index is 1.97. The van der Waals surface area contributed by atoms with Crippen LogP contribution in [0, 0.1) is 16.0 Å². The first kappa shape index (κ1) is 22.5. The van der Waals surface area contributed by atoms with E-state index < -0.39 is 23.3 Å². The van der Waals surface area contributed by atoms with E-state index in [1.54, 1.807) is 12.1 Å². The van der Waals surface area contributed by atoms with Crippen LogP contribution in [0.2, 0.25) is 0 Å². The molecule has 0 saturated carbocycles. The molecule has 0 aliphatic rings. The number of ketones is 1. The zero-order valence-electron chi connectivity index (χ0n) is 16.9. The number of amides is 1. The molecule has 0 atom stereocenters. The number of hydrogen-bond donors (Lipinski definition) is 2. The van der Waals surface area contributed by atoms with Crippen molar-refractivity contribution >= 4 is 34.7 Å². The van der Waals surface area contributed by atoms with Crippen molar-refractivity contribution in [2.75, 3.05) is 24.3 Å². The van der Waals surface area contributed by atoms with E-state index in [-0.39, 0.29) is 28.8 Å². The zero-order valence-corrected chi connectivity index (χ0v) is 16.9. The van der Waals surface area contributed by atoms with Crippen LogP contribution in [0.3, 0.4) is 0 Å².